The van der Waals surface area contributed by atoms with Crippen LogP contribution in [0.3, 0.4) is 0 Å². The Morgan fingerprint density at radius 1 is 1.29 bits per heavy atom. The molecule has 3 heterocycles. The predicted octanol–water partition coefficient (Wildman–Crippen LogP) is -0.436. The number of halogens is 2. The van der Waals surface area contributed by atoms with Gasteiger partial charge in [0.2, 0.25) is 0 Å². The fourth-order valence-electron chi connectivity index (χ4n) is 3.58. The number of carbonyl (C=O) groups excluding carboxylic acids is 1. The van der Waals surface area contributed by atoms with Crippen molar-refractivity contribution in [2.24, 2.45) is 0 Å². The van der Waals surface area contributed by atoms with E-state index in [1.165, 1.54) is 17.9 Å². The Bertz CT molecular complexity index is 1260. The minimum atomic E-state index is -0.326. The molecule has 1 fully saturated rings. The van der Waals surface area contributed by atoms with Gasteiger partial charge in [0.15, 0.2) is 0 Å². The normalized spacial score (nSPS) is 13.9. The molecule has 1 aliphatic heterocycles. The van der Waals surface area contributed by atoms with Crippen LogP contribution < -0.4 is 45.5 Å². The first-order valence-electron chi connectivity index (χ1n) is 11.2. The molecule has 2 N–H and O–H groups in total. The molecule has 1 aromatic carbocycles. The van der Waals surface area contributed by atoms with Crippen molar-refractivity contribution >= 4 is 45.9 Å². The molecule has 0 aliphatic carbocycles. The van der Waals surface area contributed by atoms with Gasteiger partial charge in [0, 0.05) is 14.2 Å². The molecule has 0 bridgehead atoms. The number of aromatic nitrogens is 3. The Balaban J connectivity index is 1.67. The molecule has 0 spiro atoms. The number of likely N-dealkylation sites (N-methyl/N-ethyl adjacent to an activating group) is 1. The number of nitrogens with zero attached hydrogens (tertiary/aromatic N) is 4. The van der Waals surface area contributed by atoms with Gasteiger partial charge in [-0.25, -0.2) is 0 Å². The maximum atomic E-state index is 13.0. The van der Waals surface area contributed by atoms with Gasteiger partial charge in [-0.3, -0.25) is 4.79 Å². The molecule has 188 valence electrons. The number of carbonyl (C=O) groups is 1. The van der Waals surface area contributed by atoms with Gasteiger partial charge < -0.3 is 10.1 Å². The molecule has 3 aromatic rings. The number of methoxy groups -OCH3 is 1. The summed E-state index contributed by atoms with van der Waals surface area (Å²) in [4.78, 5) is 33.7. The molecule has 10 nitrogen and oxygen atoms in total. The molecule has 1 amide bonds. The fourth-order valence-corrected chi connectivity index (χ4v) is 6.40. The molecule has 35 heavy (non-hydrogen) atoms. The fraction of sp³-hybridized carbons (Fsp3) is 0.391. The maximum absolute atomic E-state index is 13.0. The van der Waals surface area contributed by atoms with Crippen LogP contribution in [0.15, 0.2) is 35.3 Å². The van der Waals surface area contributed by atoms with Crippen molar-refractivity contribution in [1.82, 2.24) is 19.9 Å². The van der Waals surface area contributed by atoms with Crippen molar-refractivity contribution in [3.05, 3.63) is 45.8 Å². The summed E-state index contributed by atoms with van der Waals surface area (Å²) in [5.74, 6) is 0.984. The Kier molecular flexibility index (Phi) is 8.63. The van der Waals surface area contributed by atoms with Crippen LogP contribution in [0.25, 0.3) is 10.9 Å². The second-order valence-corrected chi connectivity index (χ2v) is 11.1. The van der Waals surface area contributed by atoms with Gasteiger partial charge in [-0.15, -0.1) is 0 Å². The molecule has 2 aromatic heterocycles. The zero-order chi connectivity index (χ0) is 24.8. The first kappa shape index (κ1) is 25.5. The second kappa shape index (κ2) is 11.9. The van der Waals surface area contributed by atoms with Crippen molar-refractivity contribution in [3.63, 3.8) is 0 Å². The minimum absolute atomic E-state index is 0.0886. The van der Waals surface area contributed by atoms with Crippen molar-refractivity contribution in [3.8, 4) is 5.75 Å². The number of hydrogen-bond donors (Lipinski definition) is 2. The van der Waals surface area contributed by atoms with Gasteiger partial charge >= 0.3 is 184 Å². The number of ether oxygens (including phenoxy) is 2. The van der Waals surface area contributed by atoms with E-state index in [-0.39, 0.29) is 45.3 Å². The molecular weight excluding hydrogens is 587 g/mol. The molecule has 12 heteroatoms. The summed E-state index contributed by atoms with van der Waals surface area (Å²) in [7, 11) is 3.09. The van der Waals surface area contributed by atoms with Crippen LogP contribution in [0.2, 0.25) is 5.02 Å². The zero-order valence-electron chi connectivity index (χ0n) is 19.5. The Morgan fingerprint density at radius 3 is 2.89 bits per heavy atom. The van der Waals surface area contributed by atoms with Crippen molar-refractivity contribution in [2.75, 3.05) is 46.8 Å². The zero-order valence-corrected chi connectivity index (χ0v) is 22.4. The molecular formula is C23H27ClIN6O4-. The Hall–Kier alpha value is -2.64. The summed E-state index contributed by atoms with van der Waals surface area (Å²) in [6.45, 7) is 1.42. The van der Waals surface area contributed by atoms with E-state index in [0.29, 0.717) is 29.9 Å². The third-order valence-corrected chi connectivity index (χ3v) is 8.65. The first-order chi connectivity index (χ1) is 17.0. The van der Waals surface area contributed by atoms with Gasteiger partial charge in [-0.05, 0) is 0 Å². The summed E-state index contributed by atoms with van der Waals surface area (Å²) in [5, 5.41) is 6.94. The Labute approximate surface area is 218 Å². The molecule has 1 saturated heterocycles. The monoisotopic (exact) mass is 613 g/mol. The van der Waals surface area contributed by atoms with E-state index in [9.17, 15) is 9.59 Å². The molecule has 0 atom stereocenters. The summed E-state index contributed by atoms with van der Waals surface area (Å²) in [5.41, 5.74) is 1.14. The number of anilines is 3. The molecule has 0 radical (unpaired) electrons. The number of rotatable bonds is 9. The molecule has 1 aliphatic rings. The van der Waals surface area contributed by atoms with Gasteiger partial charge in [-0.2, -0.15) is 0 Å². The summed E-state index contributed by atoms with van der Waals surface area (Å²) in [6.07, 6.45) is 4.04. The summed E-state index contributed by atoms with van der Waals surface area (Å²) < 4.78 is 15.8. The van der Waals surface area contributed by atoms with Crippen LogP contribution in [0, 0.1) is 0 Å². The average Bonchev–Trinajstić information content (AvgIpc) is 2.88. The Morgan fingerprint density at radius 2 is 2.14 bits per heavy atom. The van der Waals surface area contributed by atoms with E-state index in [1.807, 2.05) is 18.2 Å². The van der Waals surface area contributed by atoms with Crippen LogP contribution in [0.1, 0.15) is 12.8 Å². The number of hydrogen-bond acceptors (Lipinski definition) is 8. The third-order valence-electron chi connectivity index (χ3n) is 5.40. The number of alkyl halides is 1. The SMILES string of the molecule is CNC(=O)COc1cc2cc(Nc3nc(N4CCCC[I-]4)ncc3Cl)ccc2n(CCOC)c1=O. The molecule has 0 saturated carbocycles. The first-order valence-corrected chi connectivity index (χ1v) is 14.0. The van der Waals surface area contributed by atoms with Crippen LogP contribution in [-0.2, 0) is 16.1 Å². The van der Waals surface area contributed by atoms with Crippen molar-refractivity contribution in [2.45, 2.75) is 19.4 Å². The number of benzene rings is 1. The van der Waals surface area contributed by atoms with E-state index in [1.54, 1.807) is 23.9 Å². The van der Waals surface area contributed by atoms with Gasteiger partial charge in [0.1, 0.15) is 0 Å². The van der Waals surface area contributed by atoms with Crippen molar-refractivity contribution in [1.29, 1.82) is 0 Å². The van der Waals surface area contributed by atoms with Crippen molar-refractivity contribution < 1.29 is 35.7 Å². The summed E-state index contributed by atoms with van der Waals surface area (Å²) >= 11 is 6.29. The van der Waals surface area contributed by atoms with Crippen LogP contribution in [0.5, 0.6) is 5.75 Å². The molecule has 0 unspecified atom stereocenters. The van der Waals surface area contributed by atoms with E-state index >= 15 is 0 Å². The number of amides is 1. The van der Waals surface area contributed by atoms with Gasteiger partial charge in [-0.1, -0.05) is 0 Å². The number of pyridine rings is 1. The number of fused-ring (bicyclic) bond motifs is 1. The molecule has 4 rings (SSSR count). The van der Waals surface area contributed by atoms with E-state index in [4.69, 9.17) is 21.1 Å². The standard InChI is InChI=1S/C23H27ClIN6O4/c1-26-20(32)14-35-19-12-15-11-16(5-6-18(15)30(22(19)33)9-10-34-2)28-21-17(24)13-27-23(29-21)31-8-4-3-7-25-31/h5-6,11-13H,3-4,7-10,14H2,1-2H3,(H,26,32)(H,27,28,29)/q-1. The second-order valence-electron chi connectivity index (χ2n) is 7.79. The van der Waals surface area contributed by atoms with Crippen LogP contribution in [0.4, 0.5) is 17.5 Å². The van der Waals surface area contributed by atoms with E-state index in [2.05, 4.69) is 23.7 Å². The van der Waals surface area contributed by atoms with Gasteiger partial charge in [0.25, 0.3) is 5.91 Å². The third kappa shape index (κ3) is 6.14. The quantitative estimate of drug-likeness (QED) is 0.190. The van der Waals surface area contributed by atoms with Crippen LogP contribution in [-0.4, -0.2) is 58.8 Å². The van der Waals surface area contributed by atoms with Crippen LogP contribution >= 0.6 is 11.6 Å². The topological polar surface area (TPSA) is 111 Å². The van der Waals surface area contributed by atoms with Gasteiger partial charge in [0.05, 0.1) is 0 Å². The summed E-state index contributed by atoms with van der Waals surface area (Å²) in [6, 6.07) is 7.24. The van der Waals surface area contributed by atoms with E-state index < -0.39 is 0 Å². The number of nitrogens with one attached hydrogen (secondary N) is 2. The van der Waals surface area contributed by atoms with E-state index in [0.717, 1.165) is 29.6 Å². The average molecular weight is 614 g/mol. The predicted molar refractivity (Wildman–Crippen MR) is 131 cm³/mol.